The Balaban J connectivity index is 0.000000613. The minimum Gasteiger partial charge on any atom is -0.483 e. The molecule has 2 aromatic heterocycles. The molecule has 0 spiro atoms. The van der Waals surface area contributed by atoms with Crippen molar-refractivity contribution in [2.45, 2.75) is 0 Å². The predicted molar refractivity (Wildman–Crippen MR) is 97.7 cm³/mol. The van der Waals surface area contributed by atoms with Gasteiger partial charge in [0.2, 0.25) is 0 Å². The molecule has 0 fully saturated rings. The number of hydrogen-bond donors (Lipinski definition) is 4. The Hall–Kier alpha value is -3.43. The summed E-state index contributed by atoms with van der Waals surface area (Å²) in [7, 11) is -1.55. The molecule has 26 heavy (non-hydrogen) atoms. The molecule has 0 aliphatic carbocycles. The van der Waals surface area contributed by atoms with Gasteiger partial charge in [-0.1, -0.05) is 18.2 Å². The Morgan fingerprint density at radius 2 is 1.92 bits per heavy atom. The first-order valence-corrected chi connectivity index (χ1v) is 7.51. The summed E-state index contributed by atoms with van der Waals surface area (Å²) in [6.45, 7) is -0.250. The Bertz CT molecular complexity index is 1080. The monoisotopic (exact) mass is 351 g/mol. The largest absolute Gasteiger partial charge is 0.488 e. The molecule has 130 valence electrons. The maximum atomic E-state index is 9.49. The molecule has 4 aromatic rings. The fraction of sp³-hybridized carbons (Fsp3) is 0. The number of nitrogens with two attached hydrogens (primary N) is 1. The molecule has 0 radical (unpaired) electrons. The van der Waals surface area contributed by atoms with E-state index in [4.69, 9.17) is 20.1 Å². The van der Waals surface area contributed by atoms with Gasteiger partial charge in [0.25, 0.3) is 6.47 Å². The molecule has 4 rings (SSSR count). The maximum Gasteiger partial charge on any atom is 0.488 e. The van der Waals surface area contributed by atoms with Crippen LogP contribution in [0.4, 0.5) is 5.69 Å². The van der Waals surface area contributed by atoms with E-state index in [9.17, 15) is 10.0 Å². The fourth-order valence-corrected chi connectivity index (χ4v) is 2.72. The highest BCUT2D eigenvalue weighted by Gasteiger charge is 2.17. The number of carboxylic acid groups (broad SMARTS) is 1. The van der Waals surface area contributed by atoms with Crippen molar-refractivity contribution >= 4 is 46.6 Å². The number of hydrogen-bond acceptors (Lipinski definition) is 7. The van der Waals surface area contributed by atoms with Gasteiger partial charge in [-0.2, -0.15) is 10.2 Å². The second-order valence-electron chi connectivity index (χ2n) is 5.42. The van der Waals surface area contributed by atoms with Crippen LogP contribution in [0, 0.1) is 0 Å². The summed E-state index contributed by atoms with van der Waals surface area (Å²) in [6, 6.07) is 10.8. The van der Waals surface area contributed by atoms with Crippen LogP contribution in [0.3, 0.4) is 0 Å². The van der Waals surface area contributed by atoms with Gasteiger partial charge in [-0.3, -0.25) is 4.79 Å². The van der Waals surface area contributed by atoms with E-state index in [1.54, 1.807) is 24.5 Å². The molecule has 0 aliphatic rings. The number of rotatable bonds is 2. The second-order valence-corrected chi connectivity index (χ2v) is 5.42. The molecule has 8 nitrogen and oxygen atoms in total. The van der Waals surface area contributed by atoms with E-state index in [0.29, 0.717) is 22.2 Å². The summed E-state index contributed by atoms with van der Waals surface area (Å²) in [4.78, 5) is 8.36. The third-order valence-corrected chi connectivity index (χ3v) is 3.85. The lowest BCUT2D eigenvalue weighted by atomic mass is 9.78. The molecular weight excluding hydrogens is 337 g/mol. The Morgan fingerprint density at radius 3 is 2.65 bits per heavy atom. The van der Waals surface area contributed by atoms with Crippen LogP contribution in [0.1, 0.15) is 0 Å². The normalized spacial score (nSPS) is 10.4. The number of fused-ring (bicyclic) bond motifs is 2. The van der Waals surface area contributed by atoms with Crippen molar-refractivity contribution in [3.63, 3.8) is 0 Å². The summed E-state index contributed by atoms with van der Waals surface area (Å²) in [6.07, 6.45) is 3.08. The zero-order valence-corrected chi connectivity index (χ0v) is 13.4. The lowest BCUT2D eigenvalue weighted by Crippen LogP contribution is -2.29. The number of furan rings is 1. The standard InChI is InChI=1S/C16H12BN3O3.CH2O2/c18-14-8-19-20-15-6-9(1-2-12(14)15)13-7-11(17(21)22)5-10-3-4-23-16(10)13;2-1-3/h1-8,21-22H,(H2,18,20);1H,(H,2,3). The molecule has 9 heteroatoms. The SMILES string of the molecule is Nc1cnnc2cc(-c3cc(B(O)O)cc4ccoc34)ccc12.O=CO. The van der Waals surface area contributed by atoms with E-state index in [1.807, 2.05) is 18.2 Å². The van der Waals surface area contributed by atoms with Gasteiger partial charge in [0.15, 0.2) is 0 Å². The zero-order valence-electron chi connectivity index (χ0n) is 13.4. The van der Waals surface area contributed by atoms with E-state index >= 15 is 0 Å². The van der Waals surface area contributed by atoms with Crippen molar-refractivity contribution in [3.8, 4) is 11.1 Å². The van der Waals surface area contributed by atoms with Gasteiger partial charge in [-0.15, -0.1) is 0 Å². The maximum absolute atomic E-state index is 9.49. The van der Waals surface area contributed by atoms with Crippen LogP contribution in [0.15, 0.2) is 53.3 Å². The predicted octanol–water partition coefficient (Wildman–Crippen LogP) is 1.01. The van der Waals surface area contributed by atoms with Gasteiger partial charge < -0.3 is 25.3 Å². The van der Waals surface area contributed by atoms with E-state index in [1.165, 1.54) is 6.20 Å². The van der Waals surface area contributed by atoms with E-state index in [0.717, 1.165) is 21.9 Å². The number of anilines is 1. The highest BCUT2D eigenvalue weighted by atomic mass is 16.4. The molecule has 0 bridgehead atoms. The van der Waals surface area contributed by atoms with Gasteiger partial charge in [0.1, 0.15) is 5.58 Å². The molecule has 0 atom stereocenters. The lowest BCUT2D eigenvalue weighted by molar-refractivity contribution is -0.122. The summed E-state index contributed by atoms with van der Waals surface area (Å²) in [5, 5.41) is 35.4. The molecule has 2 heterocycles. The number of carbonyl (C=O) groups is 1. The fourth-order valence-electron chi connectivity index (χ4n) is 2.72. The zero-order chi connectivity index (χ0) is 18.7. The molecule has 0 saturated heterocycles. The first kappa shape index (κ1) is 17.4. The molecule has 0 saturated carbocycles. The van der Waals surface area contributed by atoms with Crippen LogP contribution in [0.2, 0.25) is 0 Å². The van der Waals surface area contributed by atoms with Crippen LogP contribution < -0.4 is 11.2 Å². The van der Waals surface area contributed by atoms with Crippen LogP contribution >= 0.6 is 0 Å². The van der Waals surface area contributed by atoms with Crippen molar-refractivity contribution in [3.05, 3.63) is 48.9 Å². The Kier molecular flexibility index (Phi) is 4.83. The van der Waals surface area contributed by atoms with Gasteiger partial charge in [-0.25, -0.2) is 0 Å². The summed E-state index contributed by atoms with van der Waals surface area (Å²) in [5.74, 6) is 0. The van der Waals surface area contributed by atoms with Crippen LogP contribution in [0.25, 0.3) is 33.0 Å². The summed E-state index contributed by atoms with van der Waals surface area (Å²) < 4.78 is 5.55. The summed E-state index contributed by atoms with van der Waals surface area (Å²) in [5.41, 5.74) is 9.77. The molecule has 0 aliphatic heterocycles. The Morgan fingerprint density at radius 1 is 1.15 bits per heavy atom. The van der Waals surface area contributed by atoms with Gasteiger partial charge in [0.05, 0.1) is 23.7 Å². The first-order chi connectivity index (χ1) is 12.5. The van der Waals surface area contributed by atoms with Gasteiger partial charge in [0, 0.05) is 16.3 Å². The average Bonchev–Trinajstić information content (AvgIpc) is 3.10. The number of aromatic nitrogens is 2. The lowest BCUT2D eigenvalue weighted by Gasteiger charge is -2.08. The number of nitrogen functional groups attached to an aromatic ring is 1. The highest BCUT2D eigenvalue weighted by molar-refractivity contribution is 6.59. The third kappa shape index (κ3) is 3.21. The van der Waals surface area contributed by atoms with Crippen molar-refractivity contribution in [1.82, 2.24) is 10.2 Å². The smallest absolute Gasteiger partial charge is 0.483 e. The summed E-state index contributed by atoms with van der Waals surface area (Å²) >= 11 is 0. The quantitative estimate of drug-likeness (QED) is 0.309. The van der Waals surface area contributed by atoms with Crippen molar-refractivity contribution in [2.24, 2.45) is 0 Å². The average molecular weight is 351 g/mol. The van der Waals surface area contributed by atoms with Crippen molar-refractivity contribution < 1.29 is 24.4 Å². The highest BCUT2D eigenvalue weighted by Crippen LogP contribution is 2.31. The topological polar surface area (TPSA) is 143 Å². The van der Waals surface area contributed by atoms with Crippen LogP contribution in [0.5, 0.6) is 0 Å². The molecule has 5 N–H and O–H groups in total. The number of benzene rings is 2. The van der Waals surface area contributed by atoms with Crippen LogP contribution in [-0.4, -0.2) is 38.9 Å². The molecule has 0 unspecified atom stereocenters. The van der Waals surface area contributed by atoms with Gasteiger partial charge in [-0.05, 0) is 29.2 Å². The van der Waals surface area contributed by atoms with E-state index < -0.39 is 7.12 Å². The second kappa shape index (κ2) is 7.22. The number of nitrogens with zero attached hydrogens (tertiary/aromatic N) is 2. The van der Waals surface area contributed by atoms with E-state index in [2.05, 4.69) is 10.2 Å². The van der Waals surface area contributed by atoms with Gasteiger partial charge >= 0.3 is 7.12 Å². The van der Waals surface area contributed by atoms with E-state index in [-0.39, 0.29) is 6.47 Å². The minimum absolute atomic E-state index is 0.250. The van der Waals surface area contributed by atoms with Crippen molar-refractivity contribution in [1.29, 1.82) is 0 Å². The molecule has 0 amide bonds. The molecular formula is C17H14BN3O5. The minimum atomic E-state index is -1.55. The van der Waals surface area contributed by atoms with Crippen molar-refractivity contribution in [2.75, 3.05) is 5.73 Å². The third-order valence-electron chi connectivity index (χ3n) is 3.85. The first-order valence-electron chi connectivity index (χ1n) is 7.51. The molecule has 2 aromatic carbocycles. The van der Waals surface area contributed by atoms with Crippen LogP contribution in [-0.2, 0) is 4.79 Å². The Labute approximate surface area is 147 Å².